The lowest BCUT2D eigenvalue weighted by molar-refractivity contribution is -0.828. The van der Waals surface area contributed by atoms with Gasteiger partial charge in [0.2, 0.25) is 0 Å². The molecule has 0 aromatic heterocycles. The zero-order valence-electron chi connectivity index (χ0n) is 20.0. The zero-order valence-corrected chi connectivity index (χ0v) is 20.0. The molecule has 178 valence electrons. The number of carbonyl (C=O) groups is 1. The van der Waals surface area contributed by atoms with E-state index in [9.17, 15) is 9.90 Å². The van der Waals surface area contributed by atoms with E-state index in [1.807, 2.05) is 0 Å². The molecule has 5 rings (SSSR count). The largest absolute Gasteiger partial charge is 0.545 e. The maximum atomic E-state index is 12.1. The molecule has 3 saturated carbocycles. The molecule has 0 aromatic carbocycles. The first-order valence-corrected chi connectivity index (χ1v) is 13.2. The Balaban J connectivity index is 1.55. The predicted octanol–water partition coefficient (Wildman–Crippen LogP) is 1.02. The molecule has 6 atom stereocenters. The summed E-state index contributed by atoms with van der Waals surface area (Å²) in [5, 5.41) is 15.6. The van der Waals surface area contributed by atoms with Crippen LogP contribution in [-0.2, 0) is 4.79 Å². The summed E-state index contributed by atoms with van der Waals surface area (Å²) < 4.78 is 0. The first-order valence-electron chi connectivity index (χ1n) is 13.2. The minimum atomic E-state index is -0.921. The number of allylic oxidation sites excluding steroid dienone is 1. The maximum Gasteiger partial charge on any atom is 0.293 e. The number of nitrogens with two attached hydrogens (primary N) is 1. The van der Waals surface area contributed by atoms with Gasteiger partial charge >= 0.3 is 0 Å². The Morgan fingerprint density at radius 3 is 2.72 bits per heavy atom. The molecule has 1 heterocycles. The average Bonchev–Trinajstić information content (AvgIpc) is 3.23. The van der Waals surface area contributed by atoms with Crippen molar-refractivity contribution in [2.45, 2.75) is 83.6 Å². The Morgan fingerprint density at radius 1 is 1.22 bits per heavy atom. The van der Waals surface area contributed by atoms with Gasteiger partial charge in [-0.15, -0.1) is 0 Å². The molecule has 2 bridgehead atoms. The van der Waals surface area contributed by atoms with Crippen molar-refractivity contribution >= 4 is 11.9 Å². The van der Waals surface area contributed by atoms with Crippen molar-refractivity contribution < 1.29 is 14.8 Å². The predicted molar refractivity (Wildman–Crippen MR) is 124 cm³/mol. The van der Waals surface area contributed by atoms with Gasteiger partial charge in [0, 0.05) is 17.3 Å². The fourth-order valence-electron chi connectivity index (χ4n) is 9.23. The Kier molecular flexibility index (Phi) is 5.90. The molecule has 4 aliphatic carbocycles. The van der Waals surface area contributed by atoms with Crippen molar-refractivity contribution in [3.63, 3.8) is 0 Å². The van der Waals surface area contributed by atoms with E-state index in [0.29, 0.717) is 35.8 Å². The Labute approximate surface area is 193 Å². The minimum Gasteiger partial charge on any atom is -0.545 e. The molecule has 2 spiro atoms. The molecule has 4 N–H and O–H groups in total. The fraction of sp³-hybridized carbons (Fsp3) is 0.846. The first kappa shape index (κ1) is 22.4. The molecule has 0 aromatic rings. The summed E-state index contributed by atoms with van der Waals surface area (Å²) in [6, 6.07) is 0.397. The van der Waals surface area contributed by atoms with E-state index >= 15 is 0 Å². The number of carbonyl (C=O) groups excluding carboxylic acids is 1. The molecule has 6 nitrogen and oxygen atoms in total. The van der Waals surface area contributed by atoms with E-state index < -0.39 is 5.97 Å². The van der Waals surface area contributed by atoms with Crippen molar-refractivity contribution in [3.8, 4) is 0 Å². The second-order valence-corrected chi connectivity index (χ2v) is 11.5. The lowest BCUT2D eigenvalue weighted by Gasteiger charge is -2.60. The number of carboxylic acids is 1. The van der Waals surface area contributed by atoms with Crippen LogP contribution in [0.5, 0.6) is 0 Å². The highest BCUT2D eigenvalue weighted by Gasteiger charge is 2.72. The van der Waals surface area contributed by atoms with Crippen LogP contribution in [0.25, 0.3) is 0 Å². The highest BCUT2D eigenvalue weighted by Crippen LogP contribution is 2.75. The van der Waals surface area contributed by atoms with Crippen LogP contribution in [0.2, 0.25) is 0 Å². The van der Waals surface area contributed by atoms with E-state index in [1.165, 1.54) is 55.4 Å². The fourth-order valence-corrected chi connectivity index (χ4v) is 9.23. The van der Waals surface area contributed by atoms with E-state index in [2.05, 4.69) is 19.3 Å². The highest BCUT2D eigenvalue weighted by molar-refractivity contribution is 5.87. The van der Waals surface area contributed by atoms with Gasteiger partial charge in [0.15, 0.2) is 0 Å². The van der Waals surface area contributed by atoms with Crippen LogP contribution in [0.15, 0.2) is 16.1 Å². The Morgan fingerprint density at radius 2 is 2.00 bits per heavy atom. The molecule has 1 aliphatic heterocycles. The van der Waals surface area contributed by atoms with Crippen molar-refractivity contribution in [1.82, 2.24) is 5.32 Å². The number of hydrogen-bond acceptors (Lipinski definition) is 4. The summed E-state index contributed by atoms with van der Waals surface area (Å²) in [7, 11) is 2.07. The second-order valence-electron chi connectivity index (χ2n) is 11.5. The summed E-state index contributed by atoms with van der Waals surface area (Å²) in [6.07, 6.45) is 12.4. The summed E-state index contributed by atoms with van der Waals surface area (Å²) >= 11 is 0. The topological polar surface area (TPSA) is 95.0 Å². The van der Waals surface area contributed by atoms with Crippen molar-refractivity contribution in [2.24, 2.45) is 39.3 Å². The van der Waals surface area contributed by atoms with Crippen molar-refractivity contribution in [3.05, 3.63) is 11.1 Å². The summed E-state index contributed by atoms with van der Waals surface area (Å²) in [4.78, 5) is 18.5. The van der Waals surface area contributed by atoms with E-state index in [0.717, 1.165) is 44.9 Å². The number of hydrogen-bond donors (Lipinski definition) is 3. The van der Waals surface area contributed by atoms with Crippen LogP contribution in [0.4, 0.5) is 0 Å². The number of aliphatic imine (C=N–C) groups is 1. The third-order valence-electron chi connectivity index (χ3n) is 10.5. The smallest absolute Gasteiger partial charge is 0.293 e. The van der Waals surface area contributed by atoms with Crippen LogP contribution >= 0.6 is 0 Å². The average molecular weight is 443 g/mol. The number of nitrogens with zero attached hydrogens (tertiary/aromatic N) is 1. The third-order valence-corrected chi connectivity index (χ3v) is 10.5. The van der Waals surface area contributed by atoms with Gasteiger partial charge in [-0.3, -0.25) is 4.90 Å². The Bertz CT molecular complexity index is 817. The number of likely N-dealkylation sites (tertiary alicyclic amines) is 1. The number of piperidine rings is 1. The Hall–Kier alpha value is -1.40. The number of nitrogens with one attached hydrogen (secondary N) is 2. The molecule has 0 amide bonds. The van der Waals surface area contributed by atoms with Gasteiger partial charge in [-0.2, -0.15) is 0 Å². The number of rotatable bonds is 4. The quantitative estimate of drug-likeness (QED) is 0.448. The van der Waals surface area contributed by atoms with Gasteiger partial charge in [0.25, 0.3) is 5.96 Å². The third kappa shape index (κ3) is 3.12. The second kappa shape index (κ2) is 8.43. The van der Waals surface area contributed by atoms with Gasteiger partial charge in [0.1, 0.15) is 0 Å². The highest BCUT2D eigenvalue weighted by atomic mass is 16.4. The SMILES string of the molecule is CNCC1CC[NH+](C(N)=NC2CCCCC2)CC12C1CCC(C)C23CCC(C(=O)[O-])=C3C1. The van der Waals surface area contributed by atoms with Crippen LogP contribution in [-0.4, -0.2) is 44.7 Å². The molecular formula is C26H42N4O2. The lowest BCUT2D eigenvalue weighted by Crippen LogP contribution is -3.19. The van der Waals surface area contributed by atoms with E-state index in [4.69, 9.17) is 10.7 Å². The molecule has 5 aliphatic rings. The molecular weight excluding hydrogens is 400 g/mol. The first-order chi connectivity index (χ1) is 15.4. The number of aliphatic carboxylic acids is 1. The summed E-state index contributed by atoms with van der Waals surface area (Å²) in [6.45, 7) is 5.46. The summed E-state index contributed by atoms with van der Waals surface area (Å²) in [5.41, 5.74) is 8.74. The minimum absolute atomic E-state index is 0.00360. The number of quaternary nitrogens is 1. The van der Waals surface area contributed by atoms with Gasteiger partial charge < -0.3 is 21.0 Å². The van der Waals surface area contributed by atoms with Crippen molar-refractivity contribution in [1.29, 1.82) is 0 Å². The van der Waals surface area contributed by atoms with Crippen LogP contribution in [0.3, 0.4) is 0 Å². The number of carboxylic acid groups (broad SMARTS) is 1. The normalized spacial score (nSPS) is 42.5. The van der Waals surface area contributed by atoms with Crippen LogP contribution in [0, 0.1) is 28.6 Å². The molecule has 0 radical (unpaired) electrons. The van der Waals surface area contributed by atoms with Gasteiger partial charge in [-0.1, -0.05) is 31.8 Å². The molecule has 32 heavy (non-hydrogen) atoms. The zero-order chi connectivity index (χ0) is 22.5. The van der Waals surface area contributed by atoms with Gasteiger partial charge in [-0.05, 0) is 81.9 Å². The maximum absolute atomic E-state index is 12.1. The van der Waals surface area contributed by atoms with Gasteiger partial charge in [0.05, 0.1) is 25.1 Å². The molecule has 6 heteroatoms. The number of guanidine groups is 1. The van der Waals surface area contributed by atoms with E-state index in [-0.39, 0.29) is 10.8 Å². The standard InChI is InChI=1S/C26H42N4O2/c1-17-8-9-18-14-22-21(23(31)32)10-12-25(17,22)26(18)16-30(13-11-19(26)15-28-2)24(27)29-20-6-4-3-5-7-20/h17-20,28H,3-16H2,1-2H3,(H2,27,29)(H,31,32). The van der Waals surface area contributed by atoms with Gasteiger partial charge in [-0.25, -0.2) is 4.99 Å². The molecule has 1 saturated heterocycles. The van der Waals surface area contributed by atoms with Crippen LogP contribution < -0.4 is 21.1 Å². The summed E-state index contributed by atoms with van der Waals surface area (Å²) in [5.74, 6) is 1.53. The monoisotopic (exact) mass is 442 g/mol. The van der Waals surface area contributed by atoms with Crippen LogP contribution in [0.1, 0.15) is 77.6 Å². The van der Waals surface area contributed by atoms with E-state index in [1.54, 1.807) is 0 Å². The molecule has 6 unspecified atom stereocenters. The lowest BCUT2D eigenvalue weighted by atomic mass is 9.45. The van der Waals surface area contributed by atoms with Crippen molar-refractivity contribution in [2.75, 3.05) is 26.7 Å². The molecule has 4 fully saturated rings.